The molecule has 128 valence electrons. The molecule has 0 spiro atoms. The second-order valence-corrected chi connectivity index (χ2v) is 6.34. The molecule has 4 nitrogen and oxygen atoms in total. The summed E-state index contributed by atoms with van der Waals surface area (Å²) in [6.45, 7) is 3.37. The highest BCUT2D eigenvalue weighted by molar-refractivity contribution is 5.96. The Balaban J connectivity index is 1.88. The molecule has 1 aliphatic rings. The maximum absolute atomic E-state index is 13.0. The van der Waals surface area contributed by atoms with E-state index in [2.05, 4.69) is 12.0 Å². The van der Waals surface area contributed by atoms with E-state index in [4.69, 9.17) is 0 Å². The third-order valence-corrected chi connectivity index (χ3v) is 4.83. The fraction of sp³-hybridized carbons (Fsp3) is 0.444. The predicted octanol–water partition coefficient (Wildman–Crippen LogP) is 3.98. The molecule has 3 rings (SSSR count). The van der Waals surface area contributed by atoms with Crippen LogP contribution in [0, 0.1) is 13.8 Å². The molecule has 0 saturated carbocycles. The van der Waals surface area contributed by atoms with Crippen molar-refractivity contribution in [3.63, 3.8) is 0 Å². The smallest absolute Gasteiger partial charge is 0.312 e. The van der Waals surface area contributed by atoms with Crippen molar-refractivity contribution in [1.29, 1.82) is 0 Å². The minimum Gasteiger partial charge on any atom is -0.312 e. The Morgan fingerprint density at radius 2 is 2.04 bits per heavy atom. The maximum Gasteiger partial charge on any atom is 0.333 e. The quantitative estimate of drug-likeness (QED) is 0.852. The van der Waals surface area contributed by atoms with Crippen LogP contribution in [0.15, 0.2) is 24.3 Å². The summed E-state index contributed by atoms with van der Waals surface area (Å²) in [5.41, 5.74) is 3.53. The van der Waals surface area contributed by atoms with E-state index in [9.17, 15) is 13.6 Å². The SMILES string of the molecule is Cc1nn(C(F)F)c(C)c1CC(=O)N1CC[C@@H](C)c2ccccc21. The summed E-state index contributed by atoms with van der Waals surface area (Å²) in [5, 5.41) is 3.86. The number of nitrogens with zero attached hydrogens (tertiary/aromatic N) is 3. The molecule has 2 aromatic rings. The number of benzene rings is 1. The van der Waals surface area contributed by atoms with Crippen LogP contribution in [0.2, 0.25) is 0 Å². The molecule has 6 heteroatoms. The van der Waals surface area contributed by atoms with E-state index in [-0.39, 0.29) is 12.3 Å². The Morgan fingerprint density at radius 3 is 2.71 bits per heavy atom. The lowest BCUT2D eigenvalue weighted by molar-refractivity contribution is -0.118. The number of aromatic nitrogens is 2. The number of halogens is 2. The summed E-state index contributed by atoms with van der Waals surface area (Å²) >= 11 is 0. The van der Waals surface area contributed by atoms with E-state index in [1.165, 1.54) is 0 Å². The molecule has 1 aliphatic heterocycles. The van der Waals surface area contributed by atoms with Gasteiger partial charge in [-0.25, -0.2) is 4.68 Å². The maximum atomic E-state index is 13.0. The van der Waals surface area contributed by atoms with Crippen LogP contribution in [-0.4, -0.2) is 22.2 Å². The van der Waals surface area contributed by atoms with Gasteiger partial charge in [-0.15, -0.1) is 0 Å². The molecule has 0 radical (unpaired) electrons. The number of rotatable bonds is 3. The molecule has 0 N–H and O–H groups in total. The number of carbonyl (C=O) groups excluding carboxylic acids is 1. The molecule has 2 heterocycles. The summed E-state index contributed by atoms with van der Waals surface area (Å²) in [4.78, 5) is 14.6. The zero-order valence-corrected chi connectivity index (χ0v) is 14.1. The van der Waals surface area contributed by atoms with E-state index in [1.54, 1.807) is 18.7 Å². The summed E-state index contributed by atoms with van der Waals surface area (Å²) in [5.74, 6) is 0.338. The largest absolute Gasteiger partial charge is 0.333 e. The van der Waals surface area contributed by atoms with Crippen molar-refractivity contribution in [3.8, 4) is 0 Å². The van der Waals surface area contributed by atoms with Crippen molar-refractivity contribution in [2.75, 3.05) is 11.4 Å². The van der Waals surface area contributed by atoms with Gasteiger partial charge in [-0.05, 0) is 37.8 Å². The lowest BCUT2D eigenvalue weighted by Crippen LogP contribution is -2.37. The number of para-hydroxylation sites is 1. The van der Waals surface area contributed by atoms with Crippen LogP contribution in [0.5, 0.6) is 0 Å². The molecular weight excluding hydrogens is 312 g/mol. The minimum absolute atomic E-state index is 0.0747. The number of anilines is 1. The first-order valence-corrected chi connectivity index (χ1v) is 8.12. The Kier molecular flexibility index (Phi) is 4.39. The van der Waals surface area contributed by atoms with Crippen LogP contribution in [0.25, 0.3) is 0 Å². The van der Waals surface area contributed by atoms with Crippen LogP contribution in [-0.2, 0) is 11.2 Å². The number of amides is 1. The van der Waals surface area contributed by atoms with Crippen molar-refractivity contribution in [2.45, 2.75) is 46.1 Å². The molecule has 1 amide bonds. The molecule has 1 aromatic carbocycles. The molecule has 0 fully saturated rings. The van der Waals surface area contributed by atoms with E-state index < -0.39 is 6.55 Å². The fourth-order valence-electron chi connectivity index (χ4n) is 3.40. The van der Waals surface area contributed by atoms with E-state index >= 15 is 0 Å². The van der Waals surface area contributed by atoms with Crippen LogP contribution in [0.1, 0.15) is 48.3 Å². The second-order valence-electron chi connectivity index (χ2n) is 6.34. The van der Waals surface area contributed by atoms with Crippen molar-refractivity contribution in [3.05, 3.63) is 46.8 Å². The number of fused-ring (bicyclic) bond motifs is 1. The standard InChI is InChI=1S/C18H21F2N3O/c1-11-8-9-22(16-7-5-4-6-14(11)16)17(24)10-15-12(2)21-23(13(15)3)18(19)20/h4-7,11,18H,8-10H2,1-3H3/t11-/m1/s1. The van der Waals surface area contributed by atoms with Crippen molar-refractivity contribution in [1.82, 2.24) is 9.78 Å². The highest BCUT2D eigenvalue weighted by atomic mass is 19.3. The average molecular weight is 333 g/mol. The van der Waals surface area contributed by atoms with Gasteiger partial charge in [-0.1, -0.05) is 25.1 Å². The zero-order valence-electron chi connectivity index (χ0n) is 14.1. The third-order valence-electron chi connectivity index (χ3n) is 4.83. The first kappa shape index (κ1) is 16.6. The van der Waals surface area contributed by atoms with Crippen LogP contribution in [0.3, 0.4) is 0 Å². The Morgan fingerprint density at radius 1 is 1.33 bits per heavy atom. The lowest BCUT2D eigenvalue weighted by Gasteiger charge is -2.33. The van der Waals surface area contributed by atoms with E-state index in [0.717, 1.165) is 17.7 Å². The molecule has 1 aromatic heterocycles. The van der Waals surface area contributed by atoms with Gasteiger partial charge >= 0.3 is 6.55 Å². The molecule has 1 atom stereocenters. The second kappa shape index (κ2) is 6.34. The fourth-order valence-corrected chi connectivity index (χ4v) is 3.40. The zero-order chi connectivity index (χ0) is 17.4. The number of carbonyl (C=O) groups is 1. The molecule has 0 bridgehead atoms. The van der Waals surface area contributed by atoms with Gasteiger partial charge in [0.15, 0.2) is 0 Å². The molecule has 24 heavy (non-hydrogen) atoms. The van der Waals surface area contributed by atoms with Crippen LogP contribution in [0.4, 0.5) is 14.5 Å². The number of alkyl halides is 2. The Labute approximate surface area is 140 Å². The van der Waals surface area contributed by atoms with Crippen molar-refractivity contribution in [2.24, 2.45) is 0 Å². The molecule has 0 unspecified atom stereocenters. The van der Waals surface area contributed by atoms with Gasteiger partial charge in [0.1, 0.15) is 0 Å². The Hall–Kier alpha value is -2.24. The lowest BCUT2D eigenvalue weighted by atomic mass is 9.91. The highest BCUT2D eigenvalue weighted by Crippen LogP contribution is 2.35. The van der Waals surface area contributed by atoms with Gasteiger partial charge in [0.25, 0.3) is 0 Å². The van der Waals surface area contributed by atoms with Crippen molar-refractivity contribution >= 4 is 11.6 Å². The first-order valence-electron chi connectivity index (χ1n) is 8.12. The van der Waals surface area contributed by atoms with E-state index in [0.29, 0.717) is 34.1 Å². The van der Waals surface area contributed by atoms with E-state index in [1.807, 2.05) is 24.3 Å². The summed E-state index contributed by atoms with van der Waals surface area (Å²) in [7, 11) is 0. The third kappa shape index (κ3) is 2.81. The topological polar surface area (TPSA) is 38.1 Å². The molecular formula is C18H21F2N3O. The molecule has 0 aliphatic carbocycles. The monoisotopic (exact) mass is 333 g/mol. The van der Waals surface area contributed by atoms with Crippen LogP contribution < -0.4 is 4.90 Å². The Bertz CT molecular complexity index is 770. The minimum atomic E-state index is -2.69. The first-order chi connectivity index (χ1) is 11.4. The van der Waals surface area contributed by atoms with Gasteiger partial charge in [0.05, 0.1) is 12.1 Å². The number of hydrogen-bond donors (Lipinski definition) is 0. The normalized spacial score (nSPS) is 17.2. The van der Waals surface area contributed by atoms with Crippen molar-refractivity contribution < 1.29 is 13.6 Å². The number of aryl methyl sites for hydroxylation is 1. The van der Waals surface area contributed by atoms with Gasteiger partial charge in [-0.3, -0.25) is 4.79 Å². The summed E-state index contributed by atoms with van der Waals surface area (Å²) < 4.78 is 26.6. The highest BCUT2D eigenvalue weighted by Gasteiger charge is 2.28. The summed E-state index contributed by atoms with van der Waals surface area (Å²) in [6, 6.07) is 7.89. The predicted molar refractivity (Wildman–Crippen MR) is 88.5 cm³/mol. The van der Waals surface area contributed by atoms with Gasteiger partial charge < -0.3 is 4.90 Å². The average Bonchev–Trinajstić information content (AvgIpc) is 2.83. The number of hydrogen-bond acceptors (Lipinski definition) is 2. The summed E-state index contributed by atoms with van der Waals surface area (Å²) in [6.07, 6.45) is 0.990. The van der Waals surface area contributed by atoms with Crippen LogP contribution >= 0.6 is 0 Å². The van der Waals surface area contributed by atoms with Gasteiger partial charge in [0.2, 0.25) is 5.91 Å². The van der Waals surface area contributed by atoms with Gasteiger partial charge in [-0.2, -0.15) is 13.9 Å². The molecule has 0 saturated heterocycles. The van der Waals surface area contributed by atoms with Gasteiger partial charge in [0, 0.05) is 23.5 Å².